The molecule has 2 aliphatic rings. The number of anilines is 1. The molecule has 1 aliphatic heterocycles. The van der Waals surface area contributed by atoms with Gasteiger partial charge in [0, 0.05) is 44.1 Å². The lowest BCUT2D eigenvalue weighted by Crippen LogP contribution is -2.56. The number of hydrogen-bond donors (Lipinski definition) is 2. The van der Waals surface area contributed by atoms with Crippen molar-refractivity contribution in [1.82, 2.24) is 24.7 Å². The second-order valence-electron chi connectivity index (χ2n) is 9.95. The van der Waals surface area contributed by atoms with Crippen LogP contribution >= 0.6 is 0 Å². The van der Waals surface area contributed by atoms with Crippen LogP contribution in [0.1, 0.15) is 37.7 Å². The van der Waals surface area contributed by atoms with Gasteiger partial charge in [0.05, 0.1) is 6.54 Å². The highest BCUT2D eigenvalue weighted by molar-refractivity contribution is 5.91. The summed E-state index contributed by atoms with van der Waals surface area (Å²) < 4.78 is 5.29. The van der Waals surface area contributed by atoms with Crippen LogP contribution in [0.4, 0.5) is 5.82 Å². The molecule has 2 heterocycles. The molecule has 2 N–H and O–H groups in total. The van der Waals surface area contributed by atoms with Gasteiger partial charge in [-0.2, -0.15) is 0 Å². The fourth-order valence-electron chi connectivity index (χ4n) is 5.91. The minimum atomic E-state index is -0.813. The summed E-state index contributed by atoms with van der Waals surface area (Å²) in [5.74, 6) is 0.265. The zero-order valence-electron chi connectivity index (χ0n) is 21.1. The van der Waals surface area contributed by atoms with Gasteiger partial charge in [-0.25, -0.2) is 9.97 Å². The van der Waals surface area contributed by atoms with Crippen LogP contribution in [0.25, 0.3) is 0 Å². The van der Waals surface area contributed by atoms with Crippen LogP contribution < -0.4 is 5.32 Å². The van der Waals surface area contributed by atoms with E-state index in [1.165, 1.54) is 11.9 Å². The molecule has 4 rings (SSSR count). The van der Waals surface area contributed by atoms with Crippen molar-refractivity contribution in [3.05, 3.63) is 54.5 Å². The second-order valence-corrected chi connectivity index (χ2v) is 9.95. The van der Waals surface area contributed by atoms with Crippen LogP contribution in [-0.4, -0.2) is 95.0 Å². The summed E-state index contributed by atoms with van der Waals surface area (Å²) >= 11 is 0. The molecular weight excluding hydrogens is 444 g/mol. The number of aliphatic hydroxyl groups excluding tert-OH is 1. The average molecular weight is 483 g/mol. The third-order valence-electron chi connectivity index (χ3n) is 7.83. The molecule has 0 bridgehead atoms. The maximum Gasteiger partial charge on any atom is 0.239 e. The Balaban J connectivity index is 1.51. The van der Waals surface area contributed by atoms with E-state index in [0.717, 1.165) is 38.6 Å². The summed E-state index contributed by atoms with van der Waals surface area (Å²) in [5, 5.41) is 14.1. The van der Waals surface area contributed by atoms with Crippen LogP contribution in [0.2, 0.25) is 0 Å². The lowest BCUT2D eigenvalue weighted by molar-refractivity contribution is -0.124. The molecule has 35 heavy (non-hydrogen) atoms. The van der Waals surface area contributed by atoms with Crippen molar-refractivity contribution < 1.29 is 14.6 Å². The zero-order valence-corrected chi connectivity index (χ0v) is 21.1. The largest absolute Gasteiger partial charge is 0.385 e. The number of carbonyl (C=O) groups is 1. The van der Waals surface area contributed by atoms with E-state index in [4.69, 9.17) is 4.74 Å². The first-order valence-corrected chi connectivity index (χ1v) is 12.4. The minimum Gasteiger partial charge on any atom is -0.385 e. The molecule has 1 aliphatic carbocycles. The van der Waals surface area contributed by atoms with Gasteiger partial charge in [0.15, 0.2) is 6.35 Å². The first-order chi connectivity index (χ1) is 16.9. The van der Waals surface area contributed by atoms with E-state index in [0.29, 0.717) is 19.0 Å². The molecule has 2 fully saturated rings. The van der Waals surface area contributed by atoms with Gasteiger partial charge < -0.3 is 15.2 Å². The highest BCUT2D eigenvalue weighted by atomic mass is 16.5. The van der Waals surface area contributed by atoms with E-state index in [1.54, 1.807) is 19.4 Å². The number of aromatic nitrogens is 2. The second kappa shape index (κ2) is 11.1. The Bertz CT molecular complexity index is 950. The number of rotatable bonds is 9. The molecule has 9 heteroatoms. The normalized spacial score (nSPS) is 27.5. The summed E-state index contributed by atoms with van der Waals surface area (Å²) in [6, 6.07) is 12.4. The van der Waals surface area contributed by atoms with Gasteiger partial charge in [-0.15, -0.1) is 0 Å². The highest BCUT2D eigenvalue weighted by Crippen LogP contribution is 2.49. The van der Waals surface area contributed by atoms with E-state index in [9.17, 15) is 9.90 Å². The summed E-state index contributed by atoms with van der Waals surface area (Å²) in [6.07, 6.45) is 6.85. The number of aliphatic hydroxyl groups is 1. The van der Waals surface area contributed by atoms with Crippen molar-refractivity contribution in [2.45, 2.75) is 49.5 Å². The van der Waals surface area contributed by atoms with Crippen molar-refractivity contribution >= 4 is 11.7 Å². The molecule has 1 saturated carbocycles. The number of ether oxygens (including phenoxy) is 1. The fourth-order valence-corrected chi connectivity index (χ4v) is 5.91. The van der Waals surface area contributed by atoms with Gasteiger partial charge in [0.2, 0.25) is 5.91 Å². The molecule has 9 nitrogen and oxygen atoms in total. The topological polar surface area (TPSA) is 94.1 Å². The first-order valence-electron chi connectivity index (χ1n) is 12.4. The molecule has 0 radical (unpaired) electrons. The van der Waals surface area contributed by atoms with E-state index in [-0.39, 0.29) is 23.5 Å². The van der Waals surface area contributed by atoms with Gasteiger partial charge in [-0.05, 0) is 57.8 Å². The average Bonchev–Trinajstić information content (AvgIpc) is 3.11. The van der Waals surface area contributed by atoms with Gasteiger partial charge in [0.25, 0.3) is 0 Å². The van der Waals surface area contributed by atoms with Crippen LogP contribution in [0.3, 0.4) is 0 Å². The predicted molar refractivity (Wildman–Crippen MR) is 134 cm³/mol. The fraction of sp³-hybridized carbons (Fsp3) is 0.577. The van der Waals surface area contributed by atoms with Crippen molar-refractivity contribution in [3.63, 3.8) is 0 Å². The number of nitrogens with zero attached hydrogens (tertiary/aromatic N) is 5. The van der Waals surface area contributed by atoms with Crippen LogP contribution in [0.15, 0.2) is 48.9 Å². The maximum atomic E-state index is 12.8. The molecule has 1 aromatic carbocycles. The van der Waals surface area contributed by atoms with Gasteiger partial charge in [0.1, 0.15) is 12.1 Å². The lowest BCUT2D eigenvalue weighted by Gasteiger charge is -2.51. The number of hydrogen-bond acceptors (Lipinski definition) is 8. The molecular formula is C26H38N6O3. The van der Waals surface area contributed by atoms with E-state index in [2.05, 4.69) is 69.5 Å². The third kappa shape index (κ3) is 5.39. The Morgan fingerprint density at radius 2 is 1.94 bits per heavy atom. The van der Waals surface area contributed by atoms with Crippen molar-refractivity contribution in [3.8, 4) is 0 Å². The molecule has 190 valence electrons. The SMILES string of the molecule is COCCCN1C(O)N(CC(=O)Nc2ccncn2)C[C@]12CC[C@](c1ccccc1)(N(C)C)CC2. The number of amides is 1. The van der Waals surface area contributed by atoms with Crippen LogP contribution in [-0.2, 0) is 15.1 Å². The Morgan fingerprint density at radius 1 is 1.20 bits per heavy atom. The van der Waals surface area contributed by atoms with Gasteiger partial charge >= 0.3 is 0 Å². The molecule has 1 amide bonds. The zero-order chi connectivity index (χ0) is 24.9. The summed E-state index contributed by atoms with van der Waals surface area (Å²) in [4.78, 5) is 27.1. The Morgan fingerprint density at radius 3 is 2.57 bits per heavy atom. The van der Waals surface area contributed by atoms with Crippen LogP contribution in [0, 0.1) is 0 Å². The Labute approximate surface area is 208 Å². The van der Waals surface area contributed by atoms with E-state index in [1.807, 2.05) is 4.90 Å². The quantitative estimate of drug-likeness (QED) is 0.525. The van der Waals surface area contributed by atoms with Crippen molar-refractivity contribution in [1.29, 1.82) is 0 Å². The first kappa shape index (κ1) is 25.7. The van der Waals surface area contributed by atoms with E-state index >= 15 is 0 Å². The maximum absolute atomic E-state index is 12.8. The van der Waals surface area contributed by atoms with Crippen molar-refractivity contribution in [2.75, 3.05) is 52.8 Å². The monoisotopic (exact) mass is 482 g/mol. The number of benzene rings is 1. The Kier molecular flexibility index (Phi) is 8.13. The van der Waals surface area contributed by atoms with Gasteiger partial charge in [-0.3, -0.25) is 19.5 Å². The molecule has 1 saturated heterocycles. The third-order valence-corrected chi connectivity index (χ3v) is 7.83. The van der Waals surface area contributed by atoms with Gasteiger partial charge in [-0.1, -0.05) is 30.3 Å². The number of carbonyl (C=O) groups excluding carboxylic acids is 1. The number of methoxy groups -OCH3 is 1. The summed E-state index contributed by atoms with van der Waals surface area (Å²) in [7, 11) is 6.02. The lowest BCUT2D eigenvalue weighted by atomic mass is 9.68. The molecule has 1 atom stereocenters. The van der Waals surface area contributed by atoms with E-state index < -0.39 is 6.35 Å². The van der Waals surface area contributed by atoms with Crippen molar-refractivity contribution in [2.24, 2.45) is 0 Å². The summed E-state index contributed by atoms with van der Waals surface area (Å²) in [6.45, 7) is 2.11. The number of nitrogens with one attached hydrogen (secondary N) is 1. The highest BCUT2D eigenvalue weighted by Gasteiger charge is 2.54. The molecule has 2 aromatic rings. The summed E-state index contributed by atoms with van der Waals surface area (Å²) in [5.41, 5.74) is 1.12. The molecule has 1 aromatic heterocycles. The van der Waals surface area contributed by atoms with Crippen LogP contribution in [0.5, 0.6) is 0 Å². The standard InChI is InChI=1S/C26H38N6O3/c1-30(2)26(21-8-5-4-6-9-21)13-11-25(12-14-26)19-31(24(34)32(25)16-7-17-35-3)18-23(33)29-22-10-15-27-20-28-22/h4-6,8-10,15,20,24,34H,7,11-14,16-19H2,1-3H3,(H,27,28,29,33)/t24?,25-,26+. The smallest absolute Gasteiger partial charge is 0.239 e. The predicted octanol–water partition coefficient (Wildman–Crippen LogP) is 2.12. The minimum absolute atomic E-state index is 0.0343. The Hall–Kier alpha value is -2.43. The molecule has 1 unspecified atom stereocenters. The molecule has 1 spiro atoms.